The van der Waals surface area contributed by atoms with E-state index >= 15 is 0 Å². The van der Waals surface area contributed by atoms with Crippen LogP contribution in [0, 0.1) is 5.82 Å². The minimum Gasteiger partial charge on any atom is -0.399 e. The van der Waals surface area contributed by atoms with Crippen molar-refractivity contribution in [2.45, 2.75) is 26.2 Å². The third-order valence-electron chi connectivity index (χ3n) is 2.15. The Labute approximate surface area is 89.7 Å². The molecule has 3 heteroatoms. The highest BCUT2D eigenvalue weighted by atomic mass is 19.1. The van der Waals surface area contributed by atoms with Crippen LogP contribution in [0.15, 0.2) is 29.4 Å². The Morgan fingerprint density at radius 3 is 2.53 bits per heavy atom. The Kier molecular flexibility index (Phi) is 4.81. The van der Waals surface area contributed by atoms with Crippen molar-refractivity contribution in [3.8, 4) is 0 Å². The van der Waals surface area contributed by atoms with Crippen LogP contribution in [-0.2, 0) is 4.84 Å². The van der Waals surface area contributed by atoms with E-state index in [1.165, 1.54) is 19.2 Å². The van der Waals surface area contributed by atoms with Crippen LogP contribution < -0.4 is 0 Å². The van der Waals surface area contributed by atoms with Crippen LogP contribution in [0.1, 0.15) is 31.7 Å². The lowest BCUT2D eigenvalue weighted by Crippen LogP contribution is -2.01. The number of nitrogens with zero attached hydrogens (tertiary/aromatic N) is 1. The fourth-order valence-electron chi connectivity index (χ4n) is 1.34. The molecule has 0 saturated carbocycles. The maximum Gasteiger partial charge on any atom is 0.123 e. The van der Waals surface area contributed by atoms with Crippen molar-refractivity contribution in [1.29, 1.82) is 0 Å². The molecule has 0 unspecified atom stereocenters. The van der Waals surface area contributed by atoms with E-state index in [1.807, 2.05) is 0 Å². The van der Waals surface area contributed by atoms with Gasteiger partial charge in [0.25, 0.3) is 0 Å². The first-order chi connectivity index (χ1) is 7.27. The Balaban J connectivity index is 2.79. The fourth-order valence-corrected chi connectivity index (χ4v) is 1.34. The molecule has 0 heterocycles. The Morgan fingerprint density at radius 2 is 2.00 bits per heavy atom. The van der Waals surface area contributed by atoms with Crippen LogP contribution >= 0.6 is 0 Å². The molecule has 1 aromatic carbocycles. The molecule has 0 aliphatic carbocycles. The van der Waals surface area contributed by atoms with Crippen LogP contribution in [0.2, 0.25) is 0 Å². The number of hydrogen-bond acceptors (Lipinski definition) is 2. The van der Waals surface area contributed by atoms with E-state index in [1.54, 1.807) is 12.1 Å². The van der Waals surface area contributed by atoms with E-state index in [2.05, 4.69) is 12.1 Å². The SMILES string of the molecule is CCCC/C(=N/OC)c1ccc(F)cc1. The molecule has 0 aliphatic heterocycles. The number of unbranched alkanes of at least 4 members (excludes halogenated alkanes) is 1. The lowest BCUT2D eigenvalue weighted by molar-refractivity contribution is 0.212. The van der Waals surface area contributed by atoms with Crippen LogP contribution in [0.5, 0.6) is 0 Å². The molecule has 1 rings (SSSR count). The maximum absolute atomic E-state index is 12.7. The van der Waals surface area contributed by atoms with E-state index in [0.29, 0.717) is 0 Å². The highest BCUT2D eigenvalue weighted by molar-refractivity contribution is 6.00. The maximum atomic E-state index is 12.7. The van der Waals surface area contributed by atoms with Gasteiger partial charge in [-0.1, -0.05) is 30.6 Å². The number of rotatable bonds is 5. The van der Waals surface area contributed by atoms with Gasteiger partial charge in [-0.25, -0.2) is 4.39 Å². The summed E-state index contributed by atoms with van der Waals surface area (Å²) >= 11 is 0. The average Bonchev–Trinajstić information content (AvgIpc) is 2.25. The molecule has 15 heavy (non-hydrogen) atoms. The molecule has 0 spiro atoms. The number of oxime groups is 1. The molecular formula is C12H16FNO. The molecule has 0 N–H and O–H groups in total. The average molecular weight is 209 g/mol. The summed E-state index contributed by atoms with van der Waals surface area (Å²) in [6, 6.07) is 6.32. The van der Waals surface area contributed by atoms with Crippen molar-refractivity contribution in [2.75, 3.05) is 7.11 Å². The van der Waals surface area contributed by atoms with Crippen LogP contribution in [-0.4, -0.2) is 12.8 Å². The van der Waals surface area contributed by atoms with Gasteiger partial charge in [0.1, 0.15) is 12.9 Å². The summed E-state index contributed by atoms with van der Waals surface area (Å²) in [5, 5.41) is 3.96. The molecule has 0 bridgehead atoms. The fraction of sp³-hybridized carbons (Fsp3) is 0.417. The van der Waals surface area contributed by atoms with Crippen LogP contribution in [0.4, 0.5) is 4.39 Å². The van der Waals surface area contributed by atoms with Gasteiger partial charge in [-0.15, -0.1) is 0 Å². The van der Waals surface area contributed by atoms with Gasteiger partial charge in [-0.2, -0.15) is 0 Å². The van der Waals surface area contributed by atoms with Crippen LogP contribution in [0.3, 0.4) is 0 Å². The zero-order chi connectivity index (χ0) is 11.1. The van der Waals surface area contributed by atoms with Crippen LogP contribution in [0.25, 0.3) is 0 Å². The van der Waals surface area contributed by atoms with Crippen molar-refractivity contribution in [1.82, 2.24) is 0 Å². The van der Waals surface area contributed by atoms with E-state index < -0.39 is 0 Å². The van der Waals surface area contributed by atoms with Crippen molar-refractivity contribution >= 4 is 5.71 Å². The number of halogens is 1. The van der Waals surface area contributed by atoms with Crippen molar-refractivity contribution < 1.29 is 9.23 Å². The normalized spacial score (nSPS) is 11.5. The summed E-state index contributed by atoms with van der Waals surface area (Å²) in [6.45, 7) is 2.12. The first-order valence-electron chi connectivity index (χ1n) is 5.14. The molecule has 2 nitrogen and oxygen atoms in total. The van der Waals surface area contributed by atoms with Gasteiger partial charge < -0.3 is 4.84 Å². The predicted molar refractivity (Wildman–Crippen MR) is 59.5 cm³/mol. The van der Waals surface area contributed by atoms with Crippen molar-refractivity contribution in [2.24, 2.45) is 5.16 Å². The molecule has 1 aromatic rings. The minimum atomic E-state index is -0.231. The second-order valence-electron chi connectivity index (χ2n) is 3.33. The number of hydrogen-bond donors (Lipinski definition) is 0. The standard InChI is InChI=1S/C12H16FNO/c1-3-4-5-12(14-15-2)10-6-8-11(13)9-7-10/h6-9H,3-5H2,1-2H3/b14-12-. The third-order valence-corrected chi connectivity index (χ3v) is 2.15. The molecule has 0 saturated heterocycles. The van der Waals surface area contributed by atoms with Gasteiger partial charge in [0.15, 0.2) is 0 Å². The third kappa shape index (κ3) is 3.70. The largest absolute Gasteiger partial charge is 0.399 e. The quantitative estimate of drug-likeness (QED) is 0.538. The highest BCUT2D eigenvalue weighted by Crippen LogP contribution is 2.09. The second-order valence-corrected chi connectivity index (χ2v) is 3.33. The zero-order valence-electron chi connectivity index (χ0n) is 9.16. The second kappa shape index (κ2) is 6.17. The first-order valence-corrected chi connectivity index (χ1v) is 5.14. The lowest BCUT2D eigenvalue weighted by atomic mass is 10.1. The van der Waals surface area contributed by atoms with Crippen molar-refractivity contribution in [3.05, 3.63) is 35.6 Å². The zero-order valence-corrected chi connectivity index (χ0v) is 9.16. The molecule has 0 aliphatic rings. The van der Waals surface area contributed by atoms with E-state index in [0.717, 1.165) is 30.5 Å². The molecule has 0 aromatic heterocycles. The van der Waals surface area contributed by atoms with Gasteiger partial charge in [0, 0.05) is 0 Å². The smallest absolute Gasteiger partial charge is 0.123 e. The monoisotopic (exact) mass is 209 g/mol. The van der Waals surface area contributed by atoms with Gasteiger partial charge >= 0.3 is 0 Å². The van der Waals surface area contributed by atoms with Gasteiger partial charge in [0.05, 0.1) is 5.71 Å². The Morgan fingerprint density at radius 1 is 1.33 bits per heavy atom. The van der Waals surface area contributed by atoms with E-state index in [9.17, 15) is 4.39 Å². The molecule has 0 radical (unpaired) electrons. The highest BCUT2D eigenvalue weighted by Gasteiger charge is 2.04. The van der Waals surface area contributed by atoms with Gasteiger partial charge in [-0.05, 0) is 30.5 Å². The summed E-state index contributed by atoms with van der Waals surface area (Å²) in [6.07, 6.45) is 3.01. The number of benzene rings is 1. The molecular weight excluding hydrogens is 193 g/mol. The predicted octanol–water partition coefficient (Wildman–Crippen LogP) is 3.37. The van der Waals surface area contributed by atoms with Gasteiger partial charge in [0.2, 0.25) is 0 Å². The van der Waals surface area contributed by atoms with Gasteiger partial charge in [-0.3, -0.25) is 0 Å². The minimum absolute atomic E-state index is 0.231. The lowest BCUT2D eigenvalue weighted by Gasteiger charge is -2.04. The Bertz CT molecular complexity index is 319. The topological polar surface area (TPSA) is 21.6 Å². The first kappa shape index (κ1) is 11.7. The summed E-state index contributed by atoms with van der Waals surface area (Å²) in [7, 11) is 1.52. The van der Waals surface area contributed by atoms with E-state index in [-0.39, 0.29) is 5.82 Å². The summed E-state index contributed by atoms with van der Waals surface area (Å²) in [5.74, 6) is -0.231. The summed E-state index contributed by atoms with van der Waals surface area (Å²) in [5.41, 5.74) is 1.80. The molecule has 82 valence electrons. The summed E-state index contributed by atoms with van der Waals surface area (Å²) in [4.78, 5) is 4.78. The molecule has 0 fully saturated rings. The van der Waals surface area contributed by atoms with E-state index in [4.69, 9.17) is 4.84 Å². The summed E-state index contributed by atoms with van der Waals surface area (Å²) < 4.78 is 12.7. The Hall–Kier alpha value is -1.38. The molecule has 0 atom stereocenters. The van der Waals surface area contributed by atoms with Crippen molar-refractivity contribution in [3.63, 3.8) is 0 Å². The molecule has 0 amide bonds.